The summed E-state index contributed by atoms with van der Waals surface area (Å²) in [6.45, 7) is 8.67. The molecule has 1 aromatic carbocycles. The lowest BCUT2D eigenvalue weighted by molar-refractivity contribution is -0.136. The second kappa shape index (κ2) is 32.2. The lowest BCUT2D eigenvalue weighted by atomic mass is 10.00. The van der Waals surface area contributed by atoms with Gasteiger partial charge in [0.05, 0.1) is 0 Å². The standard InChI is InChI=1S/C47H81N13O9/c1-6-7-8-12-15-39(61)53-38(27-51)47(69)57-34-19-23-52-40(62)35(24-28(2)3)58-42(64)32(17-21-49)54-41(63)31(16-20-48)56-45(67)36(25-29(4)5)59-46(68)37(26-30-13-10-9-11-14-30)60-43(65)33(18-22-50)55-44(34)66/h9-11,13-14,28-29,31-38H,6-8,12,15-27,48-51H2,1-5H3,(H,52,62)(H,53,61)(H,54,63)(H,55,66)(H,56,67)(H,57,69)(H,58,64)(H,59,68)(H,60,65)/t31-,32-,33-,34-,35-,36-,37+,38+/m0/s1. The third kappa shape index (κ3) is 22.1. The number of unbranched alkanes of at least 4 members (excludes halogenated alkanes) is 3. The third-order valence-electron chi connectivity index (χ3n) is 11.4. The molecule has 69 heavy (non-hydrogen) atoms. The van der Waals surface area contributed by atoms with Gasteiger partial charge in [-0.1, -0.05) is 84.2 Å². The van der Waals surface area contributed by atoms with Crippen LogP contribution in [0.5, 0.6) is 0 Å². The zero-order valence-corrected chi connectivity index (χ0v) is 41.2. The number of carbonyl (C=O) groups excluding carboxylic acids is 9. The van der Waals surface area contributed by atoms with E-state index in [0.717, 1.165) is 19.3 Å². The van der Waals surface area contributed by atoms with Gasteiger partial charge in [-0.05, 0) is 82.0 Å². The lowest BCUT2D eigenvalue weighted by Gasteiger charge is -2.28. The van der Waals surface area contributed by atoms with Crippen LogP contribution in [-0.2, 0) is 49.6 Å². The largest absolute Gasteiger partial charge is 0.354 e. The summed E-state index contributed by atoms with van der Waals surface area (Å²) < 4.78 is 0. The number of nitrogens with one attached hydrogen (secondary N) is 9. The molecule has 0 radical (unpaired) electrons. The minimum absolute atomic E-state index is 0.0362. The summed E-state index contributed by atoms with van der Waals surface area (Å²) in [5.74, 6) is -6.72. The van der Waals surface area contributed by atoms with Gasteiger partial charge in [0, 0.05) is 25.9 Å². The molecule has 1 aliphatic rings. The van der Waals surface area contributed by atoms with Gasteiger partial charge >= 0.3 is 0 Å². The summed E-state index contributed by atoms with van der Waals surface area (Å²) in [7, 11) is 0. The Morgan fingerprint density at radius 3 is 1.52 bits per heavy atom. The number of benzene rings is 1. The van der Waals surface area contributed by atoms with Crippen LogP contribution in [0.15, 0.2) is 30.3 Å². The lowest BCUT2D eigenvalue weighted by Crippen LogP contribution is -2.61. The van der Waals surface area contributed by atoms with Crippen LogP contribution in [0.1, 0.15) is 111 Å². The summed E-state index contributed by atoms with van der Waals surface area (Å²) >= 11 is 0. The van der Waals surface area contributed by atoms with Gasteiger partial charge in [-0.15, -0.1) is 0 Å². The van der Waals surface area contributed by atoms with Crippen molar-refractivity contribution in [3.05, 3.63) is 35.9 Å². The molecule has 0 saturated carbocycles. The fraction of sp³-hybridized carbons (Fsp3) is 0.681. The summed E-state index contributed by atoms with van der Waals surface area (Å²) in [5.41, 5.74) is 24.3. The van der Waals surface area contributed by atoms with E-state index in [9.17, 15) is 43.2 Å². The number of carbonyl (C=O) groups is 9. The van der Waals surface area contributed by atoms with Crippen LogP contribution >= 0.6 is 0 Å². The first-order valence-corrected chi connectivity index (χ1v) is 24.4. The minimum Gasteiger partial charge on any atom is -0.354 e. The number of hydrogen-bond acceptors (Lipinski definition) is 13. The molecule has 0 spiro atoms. The summed E-state index contributed by atoms with van der Waals surface area (Å²) in [6.07, 6.45) is 3.29. The van der Waals surface area contributed by atoms with Gasteiger partial charge in [-0.25, -0.2) is 0 Å². The molecular weight excluding hydrogens is 891 g/mol. The van der Waals surface area contributed by atoms with Crippen molar-refractivity contribution >= 4 is 53.2 Å². The van der Waals surface area contributed by atoms with Crippen LogP contribution in [0.3, 0.4) is 0 Å². The van der Waals surface area contributed by atoms with Crippen LogP contribution in [0.25, 0.3) is 0 Å². The Morgan fingerprint density at radius 1 is 0.594 bits per heavy atom. The van der Waals surface area contributed by atoms with E-state index < -0.39 is 101 Å². The Kier molecular flexibility index (Phi) is 27.7. The summed E-state index contributed by atoms with van der Waals surface area (Å²) in [4.78, 5) is 125. The molecule has 8 atom stereocenters. The van der Waals surface area contributed by atoms with Crippen LogP contribution in [0, 0.1) is 11.8 Å². The molecule has 9 amide bonds. The van der Waals surface area contributed by atoms with Gasteiger partial charge in [0.2, 0.25) is 53.2 Å². The Morgan fingerprint density at radius 2 is 1.04 bits per heavy atom. The predicted octanol–water partition coefficient (Wildman–Crippen LogP) is -2.30. The zero-order chi connectivity index (χ0) is 51.5. The molecule has 1 saturated heterocycles. The second-order valence-corrected chi connectivity index (χ2v) is 18.4. The van der Waals surface area contributed by atoms with Crippen molar-refractivity contribution in [1.29, 1.82) is 0 Å². The smallest absolute Gasteiger partial charge is 0.244 e. The Hall–Kier alpha value is -5.71. The molecule has 1 aromatic rings. The van der Waals surface area contributed by atoms with Gasteiger partial charge in [-0.3, -0.25) is 43.2 Å². The van der Waals surface area contributed by atoms with Crippen molar-refractivity contribution in [1.82, 2.24) is 47.9 Å². The topological polar surface area (TPSA) is 366 Å². The van der Waals surface area contributed by atoms with Crippen LogP contribution < -0.4 is 70.8 Å². The van der Waals surface area contributed by atoms with Gasteiger partial charge < -0.3 is 70.8 Å². The first-order chi connectivity index (χ1) is 32.9. The fourth-order valence-corrected chi connectivity index (χ4v) is 7.62. The summed E-state index contributed by atoms with van der Waals surface area (Å²) in [5, 5.41) is 24.1. The fourth-order valence-electron chi connectivity index (χ4n) is 7.62. The Labute approximate surface area is 406 Å². The van der Waals surface area contributed by atoms with E-state index in [1.165, 1.54) is 0 Å². The highest BCUT2D eigenvalue weighted by atomic mass is 16.2. The highest BCUT2D eigenvalue weighted by Crippen LogP contribution is 2.12. The van der Waals surface area contributed by atoms with E-state index in [1.807, 2.05) is 34.6 Å². The van der Waals surface area contributed by atoms with Gasteiger partial charge in [0.25, 0.3) is 0 Å². The average molecular weight is 972 g/mol. The first-order valence-electron chi connectivity index (χ1n) is 24.4. The molecule has 22 nitrogen and oxygen atoms in total. The Balaban J connectivity index is 2.70. The quantitative estimate of drug-likeness (QED) is 0.0577. The van der Waals surface area contributed by atoms with E-state index >= 15 is 0 Å². The molecular formula is C47H81N13O9. The van der Waals surface area contributed by atoms with Crippen LogP contribution in [0.2, 0.25) is 0 Å². The second-order valence-electron chi connectivity index (χ2n) is 18.4. The van der Waals surface area contributed by atoms with Crippen molar-refractivity contribution < 1.29 is 43.2 Å². The summed E-state index contributed by atoms with van der Waals surface area (Å²) in [6, 6.07) is -1.38. The molecule has 0 aromatic heterocycles. The first kappa shape index (κ1) is 59.4. The number of hydrogen-bond donors (Lipinski definition) is 13. The molecule has 1 fully saturated rings. The van der Waals surface area contributed by atoms with E-state index in [0.29, 0.717) is 12.0 Å². The van der Waals surface area contributed by atoms with Crippen molar-refractivity contribution in [2.75, 3.05) is 32.7 Å². The van der Waals surface area contributed by atoms with Crippen molar-refractivity contribution in [2.24, 2.45) is 34.8 Å². The minimum atomic E-state index is -1.43. The molecule has 388 valence electrons. The molecule has 1 heterocycles. The zero-order valence-electron chi connectivity index (χ0n) is 41.2. The number of amides is 9. The van der Waals surface area contributed by atoms with Gasteiger partial charge in [-0.2, -0.15) is 0 Å². The Bertz CT molecular complexity index is 1820. The predicted molar refractivity (Wildman–Crippen MR) is 261 cm³/mol. The van der Waals surface area contributed by atoms with E-state index in [-0.39, 0.29) is 95.9 Å². The average Bonchev–Trinajstić information content (AvgIpc) is 3.30. The molecule has 1 aliphatic heterocycles. The maximum Gasteiger partial charge on any atom is 0.244 e. The molecule has 0 unspecified atom stereocenters. The van der Waals surface area contributed by atoms with E-state index in [2.05, 4.69) is 47.9 Å². The van der Waals surface area contributed by atoms with Crippen molar-refractivity contribution in [2.45, 2.75) is 160 Å². The van der Waals surface area contributed by atoms with Crippen LogP contribution in [-0.4, -0.2) is 134 Å². The molecule has 22 heteroatoms. The highest BCUT2D eigenvalue weighted by Gasteiger charge is 2.35. The SMILES string of the molecule is CCCCCCC(=O)N[C@H](CN)C(=O)N[C@H]1CCNC(=O)[C@H](CC(C)C)NC(=O)[C@H](CCN)NC(=O)[C@H](CCN)NC(=O)[C@H](CC(C)C)NC(=O)[C@@H](Cc2ccccc2)NC(=O)[C@H](CCN)NC1=O. The maximum absolute atomic E-state index is 14.3. The highest BCUT2D eigenvalue weighted by molar-refractivity contribution is 5.98. The van der Waals surface area contributed by atoms with Crippen molar-refractivity contribution in [3.63, 3.8) is 0 Å². The van der Waals surface area contributed by atoms with E-state index in [4.69, 9.17) is 22.9 Å². The number of rotatable bonds is 21. The van der Waals surface area contributed by atoms with Gasteiger partial charge in [0.1, 0.15) is 48.3 Å². The molecule has 0 aliphatic carbocycles. The number of nitrogens with two attached hydrogens (primary N) is 4. The molecule has 0 bridgehead atoms. The molecule has 2 rings (SSSR count). The normalized spacial score (nSPS) is 23.3. The monoisotopic (exact) mass is 972 g/mol. The van der Waals surface area contributed by atoms with Gasteiger partial charge in [0.15, 0.2) is 0 Å². The van der Waals surface area contributed by atoms with E-state index in [1.54, 1.807) is 30.3 Å². The van der Waals surface area contributed by atoms with Crippen LogP contribution in [0.4, 0.5) is 0 Å². The van der Waals surface area contributed by atoms with Crippen molar-refractivity contribution in [3.8, 4) is 0 Å². The molecule has 17 N–H and O–H groups in total. The third-order valence-corrected chi connectivity index (χ3v) is 11.4. The maximum atomic E-state index is 14.3.